The topological polar surface area (TPSA) is 83.8 Å². The van der Waals surface area contributed by atoms with E-state index in [9.17, 15) is 17.2 Å². The molecule has 2 atom stereocenters. The second kappa shape index (κ2) is 9.03. The monoisotopic (exact) mass is 477 g/mol. The summed E-state index contributed by atoms with van der Waals surface area (Å²) in [6, 6.07) is 8.57. The molecule has 2 heterocycles. The minimum absolute atomic E-state index is 0.0956. The van der Waals surface area contributed by atoms with Gasteiger partial charge in [0.05, 0.1) is 25.3 Å². The van der Waals surface area contributed by atoms with Gasteiger partial charge in [-0.1, -0.05) is 0 Å². The molecule has 1 aliphatic rings. The number of hydrogen-bond acceptors (Lipinski definition) is 6. The molecule has 10 heteroatoms. The number of halogens is 2. The van der Waals surface area contributed by atoms with Crippen LogP contribution in [0.3, 0.4) is 0 Å². The van der Waals surface area contributed by atoms with Crippen LogP contribution in [-0.2, 0) is 10.0 Å². The molecule has 1 fully saturated rings. The average Bonchev–Trinajstić information content (AvgIpc) is 3.28. The van der Waals surface area contributed by atoms with Gasteiger partial charge in [-0.15, -0.1) is 0 Å². The maximum Gasteiger partial charge on any atom is 0.265 e. The van der Waals surface area contributed by atoms with Crippen molar-refractivity contribution in [1.82, 2.24) is 5.32 Å². The number of nitrogens with one attached hydrogen (secondary N) is 2. The van der Waals surface area contributed by atoms with Crippen molar-refractivity contribution in [3.8, 4) is 16.9 Å². The molecule has 1 aromatic heterocycles. The van der Waals surface area contributed by atoms with Crippen molar-refractivity contribution in [3.05, 3.63) is 60.6 Å². The van der Waals surface area contributed by atoms with Crippen molar-refractivity contribution in [1.29, 1.82) is 0 Å². The Balaban J connectivity index is 1.67. The van der Waals surface area contributed by atoms with E-state index in [1.54, 1.807) is 12.1 Å². The molecule has 176 valence electrons. The van der Waals surface area contributed by atoms with Gasteiger partial charge in [0.15, 0.2) is 0 Å². The number of rotatable bonds is 6. The van der Waals surface area contributed by atoms with Crippen LogP contribution >= 0.6 is 0 Å². The van der Waals surface area contributed by atoms with Crippen LogP contribution in [0.1, 0.15) is 13.8 Å². The minimum atomic E-state index is -4.45. The Kier molecular flexibility index (Phi) is 6.31. The lowest BCUT2D eigenvalue weighted by molar-refractivity contribution is 0.406. The summed E-state index contributed by atoms with van der Waals surface area (Å²) in [7, 11) is -3.05. The third-order valence-corrected chi connectivity index (χ3v) is 6.87. The molecule has 0 bridgehead atoms. The molecule has 0 spiro atoms. The first-order chi connectivity index (χ1) is 15.7. The van der Waals surface area contributed by atoms with Crippen molar-refractivity contribution >= 4 is 21.4 Å². The van der Waals surface area contributed by atoms with Crippen molar-refractivity contribution in [2.24, 2.45) is 0 Å². The molecule has 2 N–H and O–H groups in total. The van der Waals surface area contributed by atoms with Gasteiger partial charge in [0.1, 0.15) is 22.3 Å². The highest BCUT2D eigenvalue weighted by molar-refractivity contribution is 7.92. The Morgan fingerprint density at radius 3 is 2.45 bits per heavy atom. The van der Waals surface area contributed by atoms with Crippen LogP contribution in [0.4, 0.5) is 20.2 Å². The zero-order valence-corrected chi connectivity index (χ0v) is 19.2. The molecule has 1 saturated heterocycles. The lowest BCUT2D eigenvalue weighted by Crippen LogP contribution is -2.54. The SMILES string of the molecule is COc1ccc(N2CC(C)NC(C)C2)cc1NS(=O)(=O)c1cc(F)c(-c2ccoc2)cc1F. The fourth-order valence-corrected chi connectivity index (χ4v) is 5.22. The third-order valence-electron chi connectivity index (χ3n) is 5.49. The predicted molar refractivity (Wildman–Crippen MR) is 122 cm³/mol. The zero-order chi connectivity index (χ0) is 23.8. The van der Waals surface area contributed by atoms with Crippen LogP contribution < -0.4 is 19.7 Å². The molecule has 0 saturated carbocycles. The summed E-state index contributed by atoms with van der Waals surface area (Å²) in [6.07, 6.45) is 2.57. The van der Waals surface area contributed by atoms with Crippen LogP contribution in [0.25, 0.3) is 11.1 Å². The lowest BCUT2D eigenvalue weighted by Gasteiger charge is -2.38. The normalized spacial score (nSPS) is 18.9. The van der Waals surface area contributed by atoms with E-state index in [4.69, 9.17) is 9.15 Å². The number of methoxy groups -OCH3 is 1. The van der Waals surface area contributed by atoms with E-state index < -0.39 is 26.6 Å². The van der Waals surface area contributed by atoms with E-state index in [1.165, 1.54) is 25.7 Å². The standard InChI is InChI=1S/C23H25F2N3O4S/c1-14-11-28(12-15(2)26-14)17-4-5-22(31-3)21(8-17)27-33(29,30)23-10-19(24)18(9-20(23)25)16-6-7-32-13-16/h4-10,13-15,26-27H,11-12H2,1-3H3. The highest BCUT2D eigenvalue weighted by atomic mass is 32.2. The number of sulfonamides is 1. The summed E-state index contributed by atoms with van der Waals surface area (Å²) >= 11 is 0. The van der Waals surface area contributed by atoms with Gasteiger partial charge in [0, 0.05) is 42.0 Å². The summed E-state index contributed by atoms with van der Waals surface area (Å²) in [5.41, 5.74) is 1.13. The molecular formula is C23H25F2N3O4S. The Labute approximate surface area is 191 Å². The summed E-state index contributed by atoms with van der Waals surface area (Å²) in [6.45, 7) is 5.61. The molecule has 0 radical (unpaired) electrons. The van der Waals surface area contributed by atoms with Gasteiger partial charge in [0.25, 0.3) is 10.0 Å². The number of benzene rings is 2. The molecule has 1 aliphatic heterocycles. The molecule has 33 heavy (non-hydrogen) atoms. The number of furan rings is 1. The van der Waals surface area contributed by atoms with Gasteiger partial charge >= 0.3 is 0 Å². The largest absolute Gasteiger partial charge is 0.495 e. The Hall–Kier alpha value is -3.11. The van der Waals surface area contributed by atoms with Crippen LogP contribution in [0.15, 0.2) is 58.2 Å². The van der Waals surface area contributed by atoms with Gasteiger partial charge in [0.2, 0.25) is 0 Å². The van der Waals surface area contributed by atoms with Crippen LogP contribution in [0.5, 0.6) is 5.75 Å². The number of ether oxygens (including phenoxy) is 1. The molecule has 4 rings (SSSR count). The first-order valence-corrected chi connectivity index (χ1v) is 11.9. The molecule has 2 aromatic carbocycles. The molecule has 0 amide bonds. The molecule has 7 nitrogen and oxygen atoms in total. The van der Waals surface area contributed by atoms with Crippen LogP contribution in [0, 0.1) is 11.6 Å². The second-order valence-electron chi connectivity index (χ2n) is 8.14. The first-order valence-electron chi connectivity index (χ1n) is 10.4. The number of piperazine rings is 1. The van der Waals surface area contributed by atoms with E-state index in [2.05, 4.69) is 28.8 Å². The maximum absolute atomic E-state index is 14.8. The van der Waals surface area contributed by atoms with Crippen LogP contribution in [-0.4, -0.2) is 40.7 Å². The number of nitrogens with zero attached hydrogens (tertiary/aromatic N) is 1. The first kappa shape index (κ1) is 23.1. The fraction of sp³-hybridized carbons (Fsp3) is 0.304. The number of anilines is 2. The smallest absolute Gasteiger partial charge is 0.265 e. The molecule has 2 unspecified atom stereocenters. The average molecular weight is 478 g/mol. The Morgan fingerprint density at radius 2 is 1.82 bits per heavy atom. The van der Waals surface area contributed by atoms with E-state index in [0.29, 0.717) is 11.6 Å². The van der Waals surface area contributed by atoms with Crippen LogP contribution in [0.2, 0.25) is 0 Å². The summed E-state index contributed by atoms with van der Waals surface area (Å²) in [5, 5.41) is 3.44. The van der Waals surface area contributed by atoms with Crippen molar-refractivity contribution < 1.29 is 26.4 Å². The minimum Gasteiger partial charge on any atom is -0.495 e. The van der Waals surface area contributed by atoms with Gasteiger partial charge in [-0.05, 0) is 50.2 Å². The lowest BCUT2D eigenvalue weighted by atomic mass is 10.1. The maximum atomic E-state index is 14.8. The van der Waals surface area contributed by atoms with E-state index in [1.807, 2.05) is 6.07 Å². The highest BCUT2D eigenvalue weighted by Gasteiger charge is 2.26. The van der Waals surface area contributed by atoms with Crippen molar-refractivity contribution in [2.75, 3.05) is 29.8 Å². The van der Waals surface area contributed by atoms with Gasteiger partial charge in [-0.2, -0.15) is 0 Å². The highest BCUT2D eigenvalue weighted by Crippen LogP contribution is 2.34. The molecule has 0 aliphatic carbocycles. The van der Waals surface area contributed by atoms with Gasteiger partial charge < -0.3 is 19.4 Å². The van der Waals surface area contributed by atoms with E-state index >= 15 is 0 Å². The molecule has 3 aromatic rings. The second-order valence-corrected chi connectivity index (χ2v) is 9.79. The van der Waals surface area contributed by atoms with Gasteiger partial charge in [-0.25, -0.2) is 17.2 Å². The fourth-order valence-electron chi connectivity index (χ4n) is 4.08. The van der Waals surface area contributed by atoms with E-state index in [0.717, 1.165) is 24.8 Å². The third kappa shape index (κ3) is 4.81. The van der Waals surface area contributed by atoms with Gasteiger partial charge in [-0.3, -0.25) is 4.72 Å². The van der Waals surface area contributed by atoms with E-state index in [-0.39, 0.29) is 29.1 Å². The quantitative estimate of drug-likeness (QED) is 0.553. The summed E-state index contributed by atoms with van der Waals surface area (Å²) < 4.78 is 68.0. The Morgan fingerprint density at radius 1 is 1.09 bits per heavy atom. The summed E-state index contributed by atoms with van der Waals surface area (Å²) in [5.74, 6) is -1.71. The van der Waals surface area contributed by atoms with Crippen molar-refractivity contribution in [3.63, 3.8) is 0 Å². The van der Waals surface area contributed by atoms with Crippen molar-refractivity contribution in [2.45, 2.75) is 30.8 Å². The zero-order valence-electron chi connectivity index (χ0n) is 18.4. The molecular weight excluding hydrogens is 452 g/mol. The number of hydrogen-bond donors (Lipinski definition) is 2. The predicted octanol–water partition coefficient (Wildman–Crippen LogP) is 4.22. The Bertz CT molecular complexity index is 1240. The summed E-state index contributed by atoms with van der Waals surface area (Å²) in [4.78, 5) is 1.33.